The van der Waals surface area contributed by atoms with Crippen molar-refractivity contribution in [3.63, 3.8) is 0 Å². The Bertz CT molecular complexity index is 728. The minimum absolute atomic E-state index is 0.0157. The van der Waals surface area contributed by atoms with Crippen LogP contribution in [0.1, 0.15) is 11.3 Å². The molecule has 1 aromatic carbocycles. The maximum Gasteiger partial charge on any atom is 0.199 e. The lowest BCUT2D eigenvalue weighted by Gasteiger charge is -2.08. The summed E-state index contributed by atoms with van der Waals surface area (Å²) in [6.45, 7) is 0. The van der Waals surface area contributed by atoms with Crippen LogP contribution in [-0.2, 0) is 0 Å². The van der Waals surface area contributed by atoms with Crippen LogP contribution < -0.4 is 20.9 Å². The van der Waals surface area contributed by atoms with Crippen LogP contribution in [0.4, 0.5) is 5.82 Å². The number of nitrogens with zero attached hydrogens (tertiary/aromatic N) is 4. The van der Waals surface area contributed by atoms with Gasteiger partial charge in [0.1, 0.15) is 11.5 Å². The number of anilines is 1. The van der Waals surface area contributed by atoms with Crippen LogP contribution in [0.2, 0.25) is 0 Å². The number of hydrogen-bond donors (Lipinski definition) is 2. The molecule has 0 spiro atoms. The van der Waals surface area contributed by atoms with Crippen molar-refractivity contribution in [1.29, 1.82) is 0 Å². The second kappa shape index (κ2) is 6.89. The lowest BCUT2D eigenvalue weighted by atomic mass is 10.2. The van der Waals surface area contributed by atoms with Gasteiger partial charge in [-0.2, -0.15) is 5.10 Å². The standard InChI is InChI=1S/C12H13BrN6O3/c1-20-8-4-7(13)9(21-2)3-6(8)5-16-17-11(14)10-12(15)19-22-18-10/h3-5H,1-2H3,(H2,14,17)(H2,15,19). The van der Waals surface area contributed by atoms with Crippen molar-refractivity contribution in [3.8, 4) is 11.5 Å². The number of hydrogen-bond acceptors (Lipinski definition) is 8. The Kier molecular flexibility index (Phi) is 4.94. The first kappa shape index (κ1) is 15.8. The number of nitrogens with two attached hydrogens (primary N) is 2. The van der Waals surface area contributed by atoms with E-state index < -0.39 is 0 Å². The molecular formula is C12H13BrN6O3. The molecule has 0 saturated carbocycles. The zero-order valence-electron chi connectivity index (χ0n) is 11.8. The molecule has 0 atom stereocenters. The number of aromatic nitrogens is 2. The molecule has 0 radical (unpaired) electrons. The van der Waals surface area contributed by atoms with E-state index in [4.69, 9.17) is 20.9 Å². The summed E-state index contributed by atoms with van der Waals surface area (Å²) in [5.41, 5.74) is 12.0. The summed E-state index contributed by atoms with van der Waals surface area (Å²) < 4.78 is 15.7. The van der Waals surface area contributed by atoms with E-state index in [1.807, 2.05) is 0 Å². The molecule has 0 saturated heterocycles. The number of ether oxygens (including phenoxy) is 2. The topological polar surface area (TPSA) is 134 Å². The van der Waals surface area contributed by atoms with Gasteiger partial charge in [-0.25, -0.2) is 4.63 Å². The molecule has 22 heavy (non-hydrogen) atoms. The highest BCUT2D eigenvalue weighted by Crippen LogP contribution is 2.31. The molecule has 1 heterocycles. The van der Waals surface area contributed by atoms with Gasteiger partial charge >= 0.3 is 0 Å². The quantitative estimate of drug-likeness (QED) is 0.459. The molecule has 0 amide bonds. The predicted octanol–water partition coefficient (Wildman–Crippen LogP) is 1.17. The SMILES string of the molecule is COc1cc(C=N/N=C(/N)c2nonc2N)c(OC)cc1Br. The molecule has 0 fully saturated rings. The number of nitrogen functional groups attached to an aromatic ring is 1. The average Bonchev–Trinajstić information content (AvgIpc) is 2.94. The first-order chi connectivity index (χ1) is 10.6. The van der Waals surface area contributed by atoms with Gasteiger partial charge in [-0.1, -0.05) is 0 Å². The van der Waals surface area contributed by atoms with Crippen molar-refractivity contribution in [2.45, 2.75) is 0 Å². The van der Waals surface area contributed by atoms with Crippen molar-refractivity contribution < 1.29 is 14.1 Å². The van der Waals surface area contributed by atoms with Crippen molar-refractivity contribution in [3.05, 3.63) is 27.9 Å². The molecule has 0 bridgehead atoms. The molecule has 0 aliphatic rings. The van der Waals surface area contributed by atoms with E-state index >= 15 is 0 Å². The molecule has 2 rings (SSSR count). The van der Waals surface area contributed by atoms with Crippen molar-refractivity contribution in [2.24, 2.45) is 15.9 Å². The fourth-order valence-corrected chi connectivity index (χ4v) is 2.04. The number of rotatable bonds is 5. The van der Waals surface area contributed by atoms with E-state index in [9.17, 15) is 0 Å². The lowest BCUT2D eigenvalue weighted by molar-refractivity contribution is 0.308. The number of amidine groups is 1. The van der Waals surface area contributed by atoms with E-state index in [1.54, 1.807) is 26.4 Å². The third-order valence-electron chi connectivity index (χ3n) is 2.62. The maximum absolute atomic E-state index is 5.69. The summed E-state index contributed by atoms with van der Waals surface area (Å²) >= 11 is 3.37. The van der Waals surface area contributed by atoms with Gasteiger partial charge in [-0.15, -0.1) is 5.10 Å². The highest BCUT2D eigenvalue weighted by Gasteiger charge is 2.10. The van der Waals surface area contributed by atoms with Crippen molar-refractivity contribution in [1.82, 2.24) is 10.3 Å². The maximum atomic E-state index is 5.69. The Morgan fingerprint density at radius 1 is 1.27 bits per heavy atom. The van der Waals surface area contributed by atoms with Crippen molar-refractivity contribution >= 4 is 33.8 Å². The fraction of sp³-hybridized carbons (Fsp3) is 0.167. The van der Waals surface area contributed by atoms with Gasteiger partial charge < -0.3 is 20.9 Å². The van der Waals surface area contributed by atoms with Gasteiger partial charge in [0.2, 0.25) is 0 Å². The first-order valence-electron chi connectivity index (χ1n) is 5.93. The smallest absolute Gasteiger partial charge is 0.199 e. The van der Waals surface area contributed by atoms with Crippen LogP contribution in [0, 0.1) is 0 Å². The van der Waals surface area contributed by atoms with Crippen LogP contribution in [0.15, 0.2) is 31.4 Å². The Morgan fingerprint density at radius 2 is 2.00 bits per heavy atom. The Balaban J connectivity index is 2.28. The Morgan fingerprint density at radius 3 is 2.59 bits per heavy atom. The van der Waals surface area contributed by atoms with E-state index in [1.165, 1.54) is 6.21 Å². The minimum Gasteiger partial charge on any atom is -0.496 e. The molecule has 10 heteroatoms. The van der Waals surface area contributed by atoms with Crippen LogP contribution in [0.3, 0.4) is 0 Å². The normalized spacial score (nSPS) is 11.9. The summed E-state index contributed by atoms with van der Waals surface area (Å²) in [5.74, 6) is 1.24. The molecular weight excluding hydrogens is 356 g/mol. The van der Waals surface area contributed by atoms with Gasteiger partial charge in [0.15, 0.2) is 17.3 Å². The largest absolute Gasteiger partial charge is 0.496 e. The number of methoxy groups -OCH3 is 2. The highest BCUT2D eigenvalue weighted by molar-refractivity contribution is 9.10. The van der Waals surface area contributed by atoms with E-state index in [-0.39, 0.29) is 17.3 Å². The second-order valence-electron chi connectivity index (χ2n) is 3.96. The predicted molar refractivity (Wildman–Crippen MR) is 84.3 cm³/mol. The highest BCUT2D eigenvalue weighted by atomic mass is 79.9. The zero-order valence-corrected chi connectivity index (χ0v) is 13.4. The molecule has 4 N–H and O–H groups in total. The summed E-state index contributed by atoms with van der Waals surface area (Å²) in [4.78, 5) is 0. The molecule has 9 nitrogen and oxygen atoms in total. The minimum atomic E-state index is -0.0157. The Labute approximate surface area is 134 Å². The van der Waals surface area contributed by atoms with Gasteiger partial charge in [0, 0.05) is 5.56 Å². The number of halogens is 1. The van der Waals surface area contributed by atoms with Crippen LogP contribution >= 0.6 is 15.9 Å². The van der Waals surface area contributed by atoms with E-state index in [0.717, 1.165) is 4.47 Å². The summed E-state index contributed by atoms with van der Waals surface area (Å²) in [6.07, 6.45) is 1.46. The van der Waals surface area contributed by atoms with E-state index in [2.05, 4.69) is 41.1 Å². The van der Waals surface area contributed by atoms with Gasteiger partial charge in [-0.3, -0.25) is 0 Å². The van der Waals surface area contributed by atoms with Gasteiger partial charge in [0.25, 0.3) is 0 Å². The van der Waals surface area contributed by atoms with Gasteiger partial charge in [0.05, 0.1) is 24.9 Å². The Hall–Kier alpha value is -2.62. The van der Waals surface area contributed by atoms with Crippen LogP contribution in [0.25, 0.3) is 0 Å². The molecule has 1 aromatic heterocycles. The monoisotopic (exact) mass is 368 g/mol. The van der Waals surface area contributed by atoms with Gasteiger partial charge in [-0.05, 0) is 38.4 Å². The lowest BCUT2D eigenvalue weighted by Crippen LogP contribution is -2.15. The summed E-state index contributed by atoms with van der Waals surface area (Å²) in [6, 6.07) is 3.50. The molecule has 0 aliphatic carbocycles. The first-order valence-corrected chi connectivity index (χ1v) is 6.72. The van der Waals surface area contributed by atoms with Crippen LogP contribution in [0.5, 0.6) is 11.5 Å². The molecule has 116 valence electrons. The second-order valence-corrected chi connectivity index (χ2v) is 4.81. The van der Waals surface area contributed by atoms with Crippen LogP contribution in [-0.4, -0.2) is 36.6 Å². The summed E-state index contributed by atoms with van der Waals surface area (Å²) in [7, 11) is 3.11. The third kappa shape index (κ3) is 3.34. The third-order valence-corrected chi connectivity index (χ3v) is 3.24. The van der Waals surface area contributed by atoms with Crippen molar-refractivity contribution in [2.75, 3.05) is 20.0 Å². The molecule has 0 aliphatic heterocycles. The fourth-order valence-electron chi connectivity index (χ4n) is 1.56. The van der Waals surface area contributed by atoms with E-state index in [0.29, 0.717) is 17.1 Å². The molecule has 0 unspecified atom stereocenters. The number of benzene rings is 1. The zero-order chi connectivity index (χ0) is 16.1. The average molecular weight is 369 g/mol. The molecule has 2 aromatic rings. The summed E-state index contributed by atoms with van der Waals surface area (Å²) in [5, 5.41) is 14.6.